The average molecular weight is 283 g/mol. The number of pyridine rings is 1. The number of thiazole rings is 1. The van der Waals surface area contributed by atoms with Crippen molar-refractivity contribution in [1.82, 2.24) is 15.3 Å². The highest BCUT2D eigenvalue weighted by Crippen LogP contribution is 2.15. The van der Waals surface area contributed by atoms with Gasteiger partial charge < -0.3 is 11.1 Å². The molecule has 7 heteroatoms. The molecule has 0 spiro atoms. The van der Waals surface area contributed by atoms with Gasteiger partial charge in [0.2, 0.25) is 0 Å². The zero-order valence-corrected chi connectivity index (χ0v) is 11.2. The van der Waals surface area contributed by atoms with Gasteiger partial charge in [-0.2, -0.15) is 0 Å². The van der Waals surface area contributed by atoms with E-state index in [1.54, 1.807) is 12.1 Å². The van der Waals surface area contributed by atoms with Crippen LogP contribution >= 0.6 is 22.9 Å². The topological polar surface area (TPSA) is 80.9 Å². The van der Waals surface area contributed by atoms with Crippen molar-refractivity contribution in [3.8, 4) is 0 Å². The Kier molecular flexibility index (Phi) is 3.78. The number of aryl methyl sites for hydroxylation is 1. The van der Waals surface area contributed by atoms with Gasteiger partial charge in [-0.05, 0) is 19.1 Å². The molecule has 5 nitrogen and oxygen atoms in total. The molecule has 0 unspecified atom stereocenters. The van der Waals surface area contributed by atoms with Crippen LogP contribution < -0.4 is 11.1 Å². The van der Waals surface area contributed by atoms with Crippen LogP contribution in [0.2, 0.25) is 5.02 Å². The van der Waals surface area contributed by atoms with E-state index in [1.807, 2.05) is 12.3 Å². The summed E-state index contributed by atoms with van der Waals surface area (Å²) in [7, 11) is 0. The number of hydrogen-bond acceptors (Lipinski definition) is 5. The molecule has 0 aromatic carbocycles. The Morgan fingerprint density at radius 2 is 2.28 bits per heavy atom. The van der Waals surface area contributed by atoms with Crippen molar-refractivity contribution in [2.45, 2.75) is 13.5 Å². The maximum Gasteiger partial charge on any atom is 0.271 e. The Morgan fingerprint density at radius 3 is 2.94 bits per heavy atom. The molecular formula is C11H11ClN4OS. The van der Waals surface area contributed by atoms with Crippen LogP contribution in [0.5, 0.6) is 0 Å². The van der Waals surface area contributed by atoms with Gasteiger partial charge in [-0.25, -0.2) is 9.97 Å². The van der Waals surface area contributed by atoms with Gasteiger partial charge in [0.25, 0.3) is 5.91 Å². The number of amides is 1. The zero-order valence-electron chi connectivity index (χ0n) is 9.61. The lowest BCUT2D eigenvalue weighted by molar-refractivity contribution is 0.0946. The summed E-state index contributed by atoms with van der Waals surface area (Å²) in [4.78, 5) is 20.0. The first-order valence-corrected chi connectivity index (χ1v) is 6.43. The molecular weight excluding hydrogens is 272 g/mol. The van der Waals surface area contributed by atoms with Crippen LogP contribution in [-0.4, -0.2) is 15.9 Å². The van der Waals surface area contributed by atoms with Gasteiger partial charge in [-0.15, -0.1) is 11.3 Å². The second-order valence-corrected chi connectivity index (χ2v) is 5.08. The van der Waals surface area contributed by atoms with E-state index >= 15 is 0 Å². The van der Waals surface area contributed by atoms with Crippen LogP contribution in [0.15, 0.2) is 17.5 Å². The molecule has 0 saturated carbocycles. The first-order chi connectivity index (χ1) is 8.56. The van der Waals surface area contributed by atoms with E-state index in [9.17, 15) is 4.79 Å². The van der Waals surface area contributed by atoms with Crippen molar-refractivity contribution in [3.63, 3.8) is 0 Å². The molecule has 2 rings (SSSR count). The van der Waals surface area contributed by atoms with Gasteiger partial charge in [-0.3, -0.25) is 4.79 Å². The molecule has 0 radical (unpaired) electrons. The fourth-order valence-electron chi connectivity index (χ4n) is 1.36. The minimum Gasteiger partial charge on any atom is -0.384 e. The number of anilines is 1. The van der Waals surface area contributed by atoms with Gasteiger partial charge in [0.15, 0.2) is 0 Å². The van der Waals surface area contributed by atoms with Crippen molar-refractivity contribution in [2.24, 2.45) is 0 Å². The molecule has 2 heterocycles. The number of nitrogen functional groups attached to an aromatic ring is 1. The van der Waals surface area contributed by atoms with Gasteiger partial charge in [0, 0.05) is 5.38 Å². The molecule has 1 amide bonds. The van der Waals surface area contributed by atoms with E-state index in [2.05, 4.69) is 15.3 Å². The summed E-state index contributed by atoms with van der Waals surface area (Å²) in [6, 6.07) is 3.09. The summed E-state index contributed by atoms with van der Waals surface area (Å²) in [5.41, 5.74) is 6.45. The van der Waals surface area contributed by atoms with Crippen molar-refractivity contribution in [3.05, 3.63) is 38.9 Å². The van der Waals surface area contributed by atoms with E-state index in [4.69, 9.17) is 17.3 Å². The number of halogens is 1. The lowest BCUT2D eigenvalue weighted by Gasteiger charge is -2.05. The van der Waals surface area contributed by atoms with Crippen LogP contribution in [-0.2, 0) is 6.54 Å². The number of carbonyl (C=O) groups is 1. The Balaban J connectivity index is 2.05. The zero-order chi connectivity index (χ0) is 13.1. The van der Waals surface area contributed by atoms with E-state index in [1.165, 1.54) is 11.3 Å². The van der Waals surface area contributed by atoms with Gasteiger partial charge in [0.05, 0.1) is 22.3 Å². The van der Waals surface area contributed by atoms with Crippen LogP contribution in [0.4, 0.5) is 5.82 Å². The molecule has 18 heavy (non-hydrogen) atoms. The molecule has 0 atom stereocenters. The smallest absolute Gasteiger partial charge is 0.271 e. The highest BCUT2D eigenvalue weighted by molar-refractivity contribution is 7.09. The standard InChI is InChI=1S/C11H11ClN4OS/c1-6-15-7(5-18-6)4-14-11(17)10-8(12)2-3-9(13)16-10/h2-3,5H,4H2,1H3,(H2,13,16)(H,14,17). The largest absolute Gasteiger partial charge is 0.384 e. The number of hydrogen-bond donors (Lipinski definition) is 2. The summed E-state index contributed by atoms with van der Waals surface area (Å²) in [6.45, 7) is 2.25. The van der Waals surface area contributed by atoms with Crippen molar-refractivity contribution in [2.75, 3.05) is 5.73 Å². The number of rotatable bonds is 3. The second-order valence-electron chi connectivity index (χ2n) is 3.61. The number of carbonyl (C=O) groups excluding carboxylic acids is 1. The summed E-state index contributed by atoms with van der Waals surface area (Å²) >= 11 is 7.42. The highest BCUT2D eigenvalue weighted by Gasteiger charge is 2.12. The lowest BCUT2D eigenvalue weighted by atomic mass is 10.3. The Bertz CT molecular complexity index is 584. The van der Waals surface area contributed by atoms with E-state index in [0.717, 1.165) is 10.7 Å². The molecule has 0 aliphatic carbocycles. The molecule has 0 bridgehead atoms. The third kappa shape index (κ3) is 2.96. The minimum absolute atomic E-state index is 0.128. The molecule has 0 fully saturated rings. The summed E-state index contributed by atoms with van der Waals surface area (Å²) in [5, 5.41) is 5.82. The quantitative estimate of drug-likeness (QED) is 0.902. The van der Waals surface area contributed by atoms with Crippen molar-refractivity contribution >= 4 is 34.7 Å². The Labute approximate surface area is 113 Å². The van der Waals surface area contributed by atoms with Crippen molar-refractivity contribution in [1.29, 1.82) is 0 Å². The monoisotopic (exact) mass is 282 g/mol. The van der Waals surface area contributed by atoms with Crippen molar-refractivity contribution < 1.29 is 4.79 Å². The molecule has 3 N–H and O–H groups in total. The van der Waals surface area contributed by atoms with E-state index in [0.29, 0.717) is 6.54 Å². The Morgan fingerprint density at radius 1 is 1.50 bits per heavy atom. The van der Waals surface area contributed by atoms with E-state index in [-0.39, 0.29) is 22.4 Å². The maximum atomic E-state index is 11.9. The maximum absolute atomic E-state index is 11.9. The van der Waals surface area contributed by atoms with Crippen LogP contribution in [0.3, 0.4) is 0 Å². The average Bonchev–Trinajstić information content (AvgIpc) is 2.75. The molecule has 0 aliphatic heterocycles. The minimum atomic E-state index is -0.363. The molecule has 2 aromatic rings. The third-order valence-corrected chi connectivity index (χ3v) is 3.31. The first-order valence-electron chi connectivity index (χ1n) is 5.17. The SMILES string of the molecule is Cc1nc(CNC(=O)c2nc(N)ccc2Cl)cs1. The molecule has 0 aliphatic rings. The van der Waals surface area contributed by atoms with Crippen LogP contribution in [0.1, 0.15) is 21.2 Å². The summed E-state index contributed by atoms with van der Waals surface area (Å²) in [6.07, 6.45) is 0. The number of nitrogens with zero attached hydrogens (tertiary/aromatic N) is 2. The summed E-state index contributed by atoms with van der Waals surface area (Å²) in [5.74, 6) is -0.105. The number of aromatic nitrogens is 2. The predicted molar refractivity (Wildman–Crippen MR) is 71.7 cm³/mol. The van der Waals surface area contributed by atoms with Crippen LogP contribution in [0.25, 0.3) is 0 Å². The molecule has 94 valence electrons. The van der Waals surface area contributed by atoms with E-state index < -0.39 is 0 Å². The normalized spacial score (nSPS) is 10.3. The lowest BCUT2D eigenvalue weighted by Crippen LogP contribution is -2.24. The number of nitrogens with two attached hydrogens (primary N) is 1. The predicted octanol–water partition coefficient (Wildman–Crippen LogP) is 2.01. The first kappa shape index (κ1) is 12.8. The van der Waals surface area contributed by atoms with Gasteiger partial charge in [-0.1, -0.05) is 11.6 Å². The van der Waals surface area contributed by atoms with Gasteiger partial charge in [0.1, 0.15) is 11.5 Å². The Hall–Kier alpha value is -1.66. The van der Waals surface area contributed by atoms with Crippen LogP contribution in [0, 0.1) is 6.92 Å². The fraction of sp³-hybridized carbons (Fsp3) is 0.182. The van der Waals surface area contributed by atoms with Gasteiger partial charge >= 0.3 is 0 Å². The fourth-order valence-corrected chi connectivity index (χ4v) is 2.16. The molecule has 2 aromatic heterocycles. The number of nitrogens with one attached hydrogen (secondary N) is 1. The molecule has 0 saturated heterocycles. The summed E-state index contributed by atoms with van der Waals surface area (Å²) < 4.78 is 0. The highest BCUT2D eigenvalue weighted by atomic mass is 35.5. The second kappa shape index (κ2) is 5.32. The third-order valence-electron chi connectivity index (χ3n) is 2.18.